The lowest BCUT2D eigenvalue weighted by atomic mass is 9.91. The SMILES string of the molecule is Cc1ccnc(OC2CC(OC3CCN(CCO)CC3)C2)c1. The molecule has 2 fully saturated rings. The van der Waals surface area contributed by atoms with Crippen LogP contribution in [-0.2, 0) is 4.74 Å². The average molecular weight is 306 g/mol. The number of piperidine rings is 1. The molecule has 0 spiro atoms. The van der Waals surface area contributed by atoms with Gasteiger partial charge in [-0.15, -0.1) is 0 Å². The van der Waals surface area contributed by atoms with Crippen LogP contribution in [0, 0.1) is 6.92 Å². The van der Waals surface area contributed by atoms with E-state index < -0.39 is 0 Å². The van der Waals surface area contributed by atoms with E-state index in [0.29, 0.717) is 12.2 Å². The van der Waals surface area contributed by atoms with Gasteiger partial charge in [-0.1, -0.05) is 0 Å². The maximum atomic E-state index is 8.95. The van der Waals surface area contributed by atoms with Gasteiger partial charge in [-0.05, 0) is 31.4 Å². The van der Waals surface area contributed by atoms with Crippen molar-refractivity contribution in [3.8, 4) is 5.88 Å². The van der Waals surface area contributed by atoms with Gasteiger partial charge in [0.05, 0.1) is 18.8 Å². The van der Waals surface area contributed by atoms with Crippen LogP contribution in [0.5, 0.6) is 5.88 Å². The zero-order chi connectivity index (χ0) is 15.4. The molecule has 5 nitrogen and oxygen atoms in total. The minimum absolute atomic E-state index is 0.244. The molecule has 1 saturated carbocycles. The molecular weight excluding hydrogens is 280 g/mol. The Morgan fingerprint density at radius 3 is 2.68 bits per heavy atom. The molecule has 22 heavy (non-hydrogen) atoms. The van der Waals surface area contributed by atoms with Crippen LogP contribution in [0.2, 0.25) is 0 Å². The second kappa shape index (κ2) is 7.40. The van der Waals surface area contributed by atoms with Gasteiger partial charge in [0.1, 0.15) is 6.10 Å². The normalized spacial score (nSPS) is 26.6. The van der Waals surface area contributed by atoms with Gasteiger partial charge in [0.15, 0.2) is 0 Å². The highest BCUT2D eigenvalue weighted by atomic mass is 16.5. The van der Waals surface area contributed by atoms with Crippen LogP contribution in [0.3, 0.4) is 0 Å². The number of hydrogen-bond donors (Lipinski definition) is 1. The predicted molar refractivity (Wildman–Crippen MR) is 84.0 cm³/mol. The topological polar surface area (TPSA) is 54.8 Å². The zero-order valence-electron chi connectivity index (χ0n) is 13.3. The molecular formula is C17H26N2O3. The summed E-state index contributed by atoms with van der Waals surface area (Å²) in [6, 6.07) is 3.95. The van der Waals surface area contributed by atoms with Gasteiger partial charge < -0.3 is 19.5 Å². The number of hydrogen-bond acceptors (Lipinski definition) is 5. The lowest BCUT2D eigenvalue weighted by Gasteiger charge is -2.39. The van der Waals surface area contributed by atoms with Crippen molar-refractivity contribution in [2.45, 2.75) is 50.9 Å². The maximum Gasteiger partial charge on any atom is 0.213 e. The fourth-order valence-electron chi connectivity index (χ4n) is 3.15. The van der Waals surface area contributed by atoms with E-state index in [1.54, 1.807) is 6.20 Å². The molecule has 1 aromatic heterocycles. The first-order valence-electron chi connectivity index (χ1n) is 8.31. The standard InChI is InChI=1S/C17H26N2O3/c1-13-2-5-18-17(10-13)22-16-11-15(12-16)21-14-3-6-19(7-4-14)8-9-20/h2,5,10,14-16,20H,3-4,6-9,11-12H2,1H3. The minimum atomic E-state index is 0.244. The van der Waals surface area contributed by atoms with Crippen LogP contribution < -0.4 is 4.74 Å². The van der Waals surface area contributed by atoms with Crippen molar-refractivity contribution in [2.75, 3.05) is 26.2 Å². The minimum Gasteiger partial charge on any atom is -0.474 e. The third-order valence-corrected chi connectivity index (χ3v) is 4.57. The molecule has 1 N–H and O–H groups in total. The number of β-amino-alcohol motifs (C(OH)–C–C–N with tert-alkyl or cyclic N) is 1. The Morgan fingerprint density at radius 1 is 1.23 bits per heavy atom. The third-order valence-electron chi connectivity index (χ3n) is 4.57. The van der Waals surface area contributed by atoms with Crippen molar-refractivity contribution in [2.24, 2.45) is 0 Å². The van der Waals surface area contributed by atoms with Crippen molar-refractivity contribution in [3.63, 3.8) is 0 Å². The molecule has 2 aliphatic rings. The largest absolute Gasteiger partial charge is 0.474 e. The number of pyridine rings is 1. The molecule has 0 radical (unpaired) electrons. The highest BCUT2D eigenvalue weighted by Crippen LogP contribution is 2.30. The van der Waals surface area contributed by atoms with Crippen molar-refractivity contribution in [1.29, 1.82) is 0 Å². The lowest BCUT2D eigenvalue weighted by molar-refractivity contribution is -0.111. The van der Waals surface area contributed by atoms with Crippen molar-refractivity contribution >= 4 is 0 Å². The van der Waals surface area contributed by atoms with Crippen molar-refractivity contribution in [3.05, 3.63) is 23.9 Å². The fraction of sp³-hybridized carbons (Fsp3) is 0.706. The summed E-state index contributed by atoms with van der Waals surface area (Å²) in [5.41, 5.74) is 1.17. The van der Waals surface area contributed by atoms with E-state index in [4.69, 9.17) is 14.6 Å². The van der Waals surface area contributed by atoms with Gasteiger partial charge in [-0.25, -0.2) is 4.98 Å². The van der Waals surface area contributed by atoms with Gasteiger partial charge in [-0.3, -0.25) is 0 Å². The predicted octanol–water partition coefficient (Wildman–Crippen LogP) is 1.77. The number of aromatic nitrogens is 1. The number of aliphatic hydroxyl groups is 1. The molecule has 0 atom stereocenters. The Labute approximate surface area is 132 Å². The zero-order valence-corrected chi connectivity index (χ0v) is 13.3. The van der Waals surface area contributed by atoms with Gasteiger partial charge in [-0.2, -0.15) is 0 Å². The Morgan fingerprint density at radius 2 is 2.00 bits per heavy atom. The highest BCUT2D eigenvalue weighted by molar-refractivity contribution is 5.19. The summed E-state index contributed by atoms with van der Waals surface area (Å²) in [5, 5.41) is 8.95. The summed E-state index contributed by atoms with van der Waals surface area (Å²) in [7, 11) is 0. The average Bonchev–Trinajstić information content (AvgIpc) is 2.47. The number of aryl methyl sites for hydroxylation is 1. The number of rotatable bonds is 6. The molecule has 1 aromatic rings. The molecule has 0 bridgehead atoms. The first-order chi connectivity index (χ1) is 10.7. The van der Waals surface area contributed by atoms with E-state index in [1.165, 1.54) is 5.56 Å². The molecule has 2 heterocycles. The van der Waals surface area contributed by atoms with E-state index in [1.807, 2.05) is 19.1 Å². The van der Waals surface area contributed by atoms with Crippen molar-refractivity contribution in [1.82, 2.24) is 9.88 Å². The monoisotopic (exact) mass is 306 g/mol. The first kappa shape index (κ1) is 15.7. The van der Waals surface area contributed by atoms with Crippen LogP contribution in [0.1, 0.15) is 31.2 Å². The Balaban J connectivity index is 1.34. The molecule has 3 rings (SSSR count). The van der Waals surface area contributed by atoms with Gasteiger partial charge >= 0.3 is 0 Å². The molecule has 1 aliphatic heterocycles. The van der Waals surface area contributed by atoms with E-state index in [2.05, 4.69) is 9.88 Å². The maximum absolute atomic E-state index is 8.95. The smallest absolute Gasteiger partial charge is 0.213 e. The number of ether oxygens (including phenoxy) is 2. The van der Waals surface area contributed by atoms with Gasteiger partial charge in [0, 0.05) is 44.7 Å². The second-order valence-corrected chi connectivity index (χ2v) is 6.41. The van der Waals surface area contributed by atoms with Crippen LogP contribution in [0.15, 0.2) is 18.3 Å². The Kier molecular flexibility index (Phi) is 5.28. The molecule has 1 aliphatic carbocycles. The molecule has 0 amide bonds. The van der Waals surface area contributed by atoms with E-state index >= 15 is 0 Å². The van der Waals surface area contributed by atoms with E-state index in [9.17, 15) is 0 Å². The third kappa shape index (κ3) is 4.18. The summed E-state index contributed by atoms with van der Waals surface area (Å²) in [5.74, 6) is 0.723. The van der Waals surface area contributed by atoms with Gasteiger partial charge in [0.2, 0.25) is 5.88 Å². The summed E-state index contributed by atoms with van der Waals surface area (Å²) in [6.45, 7) is 5.15. The van der Waals surface area contributed by atoms with Crippen LogP contribution in [-0.4, -0.2) is 59.5 Å². The highest BCUT2D eigenvalue weighted by Gasteiger charge is 2.34. The molecule has 0 aromatic carbocycles. The molecule has 122 valence electrons. The lowest BCUT2D eigenvalue weighted by Crippen LogP contribution is -2.45. The number of aliphatic hydroxyl groups excluding tert-OH is 1. The summed E-state index contributed by atoms with van der Waals surface area (Å²) in [6.07, 6.45) is 6.82. The molecule has 5 heteroatoms. The first-order valence-corrected chi connectivity index (χ1v) is 8.31. The number of likely N-dealkylation sites (tertiary alicyclic amines) is 1. The van der Waals surface area contributed by atoms with Crippen LogP contribution in [0.4, 0.5) is 0 Å². The summed E-state index contributed by atoms with van der Waals surface area (Å²) in [4.78, 5) is 6.54. The summed E-state index contributed by atoms with van der Waals surface area (Å²) >= 11 is 0. The quantitative estimate of drug-likeness (QED) is 0.868. The fourth-order valence-corrected chi connectivity index (χ4v) is 3.15. The van der Waals surface area contributed by atoms with Gasteiger partial charge in [0.25, 0.3) is 0 Å². The summed E-state index contributed by atoms with van der Waals surface area (Å²) < 4.78 is 12.0. The van der Waals surface area contributed by atoms with Crippen LogP contribution >= 0.6 is 0 Å². The second-order valence-electron chi connectivity index (χ2n) is 6.41. The molecule has 0 unspecified atom stereocenters. The molecule has 1 saturated heterocycles. The van der Waals surface area contributed by atoms with Crippen LogP contribution in [0.25, 0.3) is 0 Å². The number of nitrogens with zero attached hydrogens (tertiary/aromatic N) is 2. The van der Waals surface area contributed by atoms with E-state index in [-0.39, 0.29) is 12.7 Å². The van der Waals surface area contributed by atoms with E-state index in [0.717, 1.165) is 51.2 Å². The van der Waals surface area contributed by atoms with Crippen molar-refractivity contribution < 1.29 is 14.6 Å². The Bertz CT molecular complexity index is 469. The Hall–Kier alpha value is -1.17.